The number of hydrogen-bond donors (Lipinski definition) is 2. The van der Waals surface area contributed by atoms with Crippen LogP contribution >= 0.6 is 0 Å². The minimum absolute atomic E-state index is 0.383. The molecule has 0 aliphatic rings. The van der Waals surface area contributed by atoms with Crippen molar-refractivity contribution in [3.8, 4) is 5.75 Å². The Morgan fingerprint density at radius 1 is 1.26 bits per heavy atom. The maximum Gasteiger partial charge on any atom is 0.322 e. The van der Waals surface area contributed by atoms with E-state index in [-0.39, 0.29) is 6.54 Å². The number of nitrogens with one attached hydrogen (secondary N) is 1. The van der Waals surface area contributed by atoms with E-state index >= 15 is 0 Å². The highest BCUT2D eigenvalue weighted by atomic mass is 16.5. The molecule has 1 aromatic rings. The van der Waals surface area contributed by atoms with Crippen molar-refractivity contribution in [3.05, 3.63) is 29.8 Å². The van der Waals surface area contributed by atoms with Crippen LogP contribution in [0.2, 0.25) is 0 Å². The molecule has 1 rings (SSSR count). The second-order valence-corrected chi connectivity index (χ2v) is 4.63. The molecule has 0 heterocycles. The van der Waals surface area contributed by atoms with Crippen molar-refractivity contribution in [1.29, 1.82) is 0 Å². The fourth-order valence-corrected chi connectivity index (χ4v) is 1.37. The summed E-state index contributed by atoms with van der Waals surface area (Å²) in [6, 6.07) is 6.63. The first kappa shape index (κ1) is 15.0. The molecule has 0 unspecified atom stereocenters. The molecule has 0 spiro atoms. The Hall–Kier alpha value is -2.04. The highest BCUT2D eigenvalue weighted by molar-refractivity contribution is 5.95. The third-order valence-corrected chi connectivity index (χ3v) is 2.48. The number of carbonyl (C=O) groups is 2. The number of rotatable bonds is 7. The monoisotopic (exact) mass is 265 g/mol. The smallest absolute Gasteiger partial charge is 0.322 e. The van der Waals surface area contributed by atoms with Gasteiger partial charge in [0.2, 0.25) is 0 Å². The van der Waals surface area contributed by atoms with Crippen molar-refractivity contribution in [2.75, 3.05) is 13.2 Å². The largest absolute Gasteiger partial charge is 0.494 e. The fraction of sp³-hybridized carbons (Fsp3) is 0.429. The molecule has 1 amide bonds. The Morgan fingerprint density at radius 2 is 1.89 bits per heavy atom. The zero-order chi connectivity index (χ0) is 14.3. The molecule has 5 heteroatoms. The maximum atomic E-state index is 11.5. The normalized spacial score (nSPS) is 10.3. The average molecular weight is 265 g/mol. The molecule has 0 aliphatic heterocycles. The number of ether oxygens (including phenoxy) is 1. The summed E-state index contributed by atoms with van der Waals surface area (Å²) in [7, 11) is 0. The molecule has 0 saturated carbocycles. The molecule has 0 radical (unpaired) electrons. The lowest BCUT2D eigenvalue weighted by atomic mass is 10.1. The molecule has 5 nitrogen and oxygen atoms in total. The fourth-order valence-electron chi connectivity index (χ4n) is 1.37. The zero-order valence-corrected chi connectivity index (χ0v) is 11.2. The van der Waals surface area contributed by atoms with Gasteiger partial charge in [-0.1, -0.05) is 13.8 Å². The maximum absolute atomic E-state index is 11.5. The van der Waals surface area contributed by atoms with Crippen molar-refractivity contribution in [2.45, 2.75) is 20.3 Å². The summed E-state index contributed by atoms with van der Waals surface area (Å²) < 4.78 is 5.52. The van der Waals surface area contributed by atoms with Gasteiger partial charge in [0.25, 0.3) is 5.91 Å². The second kappa shape index (κ2) is 7.41. The Labute approximate surface area is 112 Å². The van der Waals surface area contributed by atoms with Gasteiger partial charge >= 0.3 is 5.97 Å². The standard InChI is InChI=1S/C14H19NO4/c1-10(2)7-8-19-12-5-3-11(4-6-12)14(18)15-9-13(16)17/h3-6,10H,7-9H2,1-2H3,(H,15,18)(H,16,17). The summed E-state index contributed by atoms with van der Waals surface area (Å²) in [6.07, 6.45) is 0.973. The Bertz CT molecular complexity index is 426. The lowest BCUT2D eigenvalue weighted by Crippen LogP contribution is -2.29. The van der Waals surface area contributed by atoms with E-state index in [0.29, 0.717) is 23.8 Å². The van der Waals surface area contributed by atoms with Gasteiger partial charge < -0.3 is 15.2 Å². The number of carboxylic acid groups (broad SMARTS) is 1. The SMILES string of the molecule is CC(C)CCOc1ccc(C(=O)NCC(=O)O)cc1. The third-order valence-electron chi connectivity index (χ3n) is 2.48. The lowest BCUT2D eigenvalue weighted by Gasteiger charge is -2.08. The van der Waals surface area contributed by atoms with Gasteiger partial charge in [-0.15, -0.1) is 0 Å². The van der Waals surface area contributed by atoms with E-state index in [9.17, 15) is 9.59 Å². The van der Waals surface area contributed by atoms with Crippen LogP contribution in [-0.2, 0) is 4.79 Å². The minimum atomic E-state index is -1.07. The van der Waals surface area contributed by atoms with Gasteiger partial charge in [-0.2, -0.15) is 0 Å². The van der Waals surface area contributed by atoms with Crippen molar-refractivity contribution < 1.29 is 19.4 Å². The number of benzene rings is 1. The minimum Gasteiger partial charge on any atom is -0.494 e. The number of amides is 1. The molecule has 0 aliphatic carbocycles. The average Bonchev–Trinajstić information content (AvgIpc) is 2.36. The molecule has 0 atom stereocenters. The predicted molar refractivity (Wildman–Crippen MR) is 71.4 cm³/mol. The van der Waals surface area contributed by atoms with E-state index in [4.69, 9.17) is 9.84 Å². The summed E-state index contributed by atoms with van der Waals surface area (Å²) in [4.78, 5) is 21.9. The van der Waals surface area contributed by atoms with Gasteiger partial charge in [0.05, 0.1) is 6.61 Å². The third kappa shape index (κ3) is 5.90. The van der Waals surface area contributed by atoms with E-state index in [1.54, 1.807) is 24.3 Å². The van der Waals surface area contributed by atoms with Crippen LogP contribution in [0.5, 0.6) is 5.75 Å². The van der Waals surface area contributed by atoms with Gasteiger partial charge in [-0.05, 0) is 36.6 Å². The summed E-state index contributed by atoms with van der Waals surface area (Å²) >= 11 is 0. The summed E-state index contributed by atoms with van der Waals surface area (Å²) in [5.74, 6) is -0.186. The lowest BCUT2D eigenvalue weighted by molar-refractivity contribution is -0.135. The van der Waals surface area contributed by atoms with Crippen molar-refractivity contribution in [1.82, 2.24) is 5.32 Å². The highest BCUT2D eigenvalue weighted by Gasteiger charge is 2.07. The van der Waals surface area contributed by atoms with Gasteiger partial charge in [0, 0.05) is 5.56 Å². The Balaban J connectivity index is 2.46. The number of carbonyl (C=O) groups excluding carboxylic acids is 1. The zero-order valence-electron chi connectivity index (χ0n) is 11.2. The van der Waals surface area contributed by atoms with Crippen LogP contribution in [0.1, 0.15) is 30.6 Å². The van der Waals surface area contributed by atoms with Crippen LogP contribution < -0.4 is 10.1 Å². The number of hydrogen-bond acceptors (Lipinski definition) is 3. The van der Waals surface area contributed by atoms with Crippen LogP contribution in [-0.4, -0.2) is 30.1 Å². The number of carboxylic acids is 1. The van der Waals surface area contributed by atoms with Gasteiger partial charge in [-0.25, -0.2) is 0 Å². The van der Waals surface area contributed by atoms with Crippen molar-refractivity contribution in [3.63, 3.8) is 0 Å². The summed E-state index contributed by atoms with van der Waals surface area (Å²) in [6.45, 7) is 4.51. The molecule has 0 aromatic heterocycles. The van der Waals surface area contributed by atoms with Crippen LogP contribution in [0.4, 0.5) is 0 Å². The van der Waals surface area contributed by atoms with Gasteiger partial charge in [-0.3, -0.25) is 9.59 Å². The molecular weight excluding hydrogens is 246 g/mol. The summed E-state index contributed by atoms with van der Waals surface area (Å²) in [5.41, 5.74) is 0.414. The van der Waals surface area contributed by atoms with Crippen molar-refractivity contribution >= 4 is 11.9 Å². The van der Waals surface area contributed by atoms with Crippen LogP contribution in [0.15, 0.2) is 24.3 Å². The molecule has 104 valence electrons. The summed E-state index contributed by atoms with van der Waals surface area (Å²) in [5, 5.41) is 10.8. The second-order valence-electron chi connectivity index (χ2n) is 4.63. The first-order valence-electron chi connectivity index (χ1n) is 6.22. The van der Waals surface area contributed by atoms with E-state index in [1.807, 2.05) is 0 Å². The van der Waals surface area contributed by atoms with Crippen molar-refractivity contribution in [2.24, 2.45) is 5.92 Å². The molecule has 1 aromatic carbocycles. The molecule has 0 fully saturated rings. The van der Waals surface area contributed by atoms with Gasteiger partial charge in [0.1, 0.15) is 12.3 Å². The van der Waals surface area contributed by atoms with Crippen LogP contribution in [0, 0.1) is 5.92 Å². The van der Waals surface area contributed by atoms with E-state index in [2.05, 4.69) is 19.2 Å². The highest BCUT2D eigenvalue weighted by Crippen LogP contribution is 2.13. The molecular formula is C14H19NO4. The molecule has 0 bridgehead atoms. The van der Waals surface area contributed by atoms with Crippen LogP contribution in [0.3, 0.4) is 0 Å². The predicted octanol–water partition coefficient (Wildman–Crippen LogP) is 1.93. The Kier molecular flexibility index (Phi) is 5.85. The van der Waals surface area contributed by atoms with E-state index < -0.39 is 11.9 Å². The first-order chi connectivity index (χ1) is 8.99. The van der Waals surface area contributed by atoms with Gasteiger partial charge in [0.15, 0.2) is 0 Å². The van der Waals surface area contributed by atoms with Crippen LogP contribution in [0.25, 0.3) is 0 Å². The topological polar surface area (TPSA) is 75.6 Å². The first-order valence-corrected chi connectivity index (χ1v) is 6.22. The van der Waals surface area contributed by atoms with E-state index in [0.717, 1.165) is 6.42 Å². The molecule has 2 N–H and O–H groups in total. The number of aliphatic carboxylic acids is 1. The quantitative estimate of drug-likeness (QED) is 0.789. The molecule has 19 heavy (non-hydrogen) atoms. The van der Waals surface area contributed by atoms with E-state index in [1.165, 1.54) is 0 Å². The molecule has 0 saturated heterocycles. The Morgan fingerprint density at radius 3 is 2.42 bits per heavy atom.